The van der Waals surface area contributed by atoms with Crippen LogP contribution in [0.1, 0.15) is 58.6 Å². The van der Waals surface area contributed by atoms with Gasteiger partial charge in [0.15, 0.2) is 23.2 Å². The molecule has 1 aliphatic heterocycles. The van der Waals surface area contributed by atoms with E-state index in [9.17, 15) is 19.6 Å². The van der Waals surface area contributed by atoms with Gasteiger partial charge in [-0.25, -0.2) is 25.4 Å². The van der Waals surface area contributed by atoms with E-state index in [1.54, 1.807) is 12.1 Å². The Kier molecular flexibility index (Phi) is 8.82. The number of nitrogens with one attached hydrogen (secondary N) is 1. The molecule has 0 spiro atoms. The number of hydrogen-bond acceptors (Lipinski definition) is 13. The number of anilines is 1. The van der Waals surface area contributed by atoms with E-state index in [1.165, 1.54) is 41.3 Å². The largest absolute Gasteiger partial charge is 0.461 e. The highest BCUT2D eigenvalue weighted by Gasteiger charge is 2.58. The molecule has 2 saturated carbocycles. The van der Waals surface area contributed by atoms with Crippen molar-refractivity contribution >= 4 is 42.3 Å². The Hall–Kier alpha value is -2.88. The molecular weight excluding hydrogens is 629 g/mol. The number of nitrogens with zero attached hydrogens (tertiary/aromatic N) is 5. The predicted octanol–water partition coefficient (Wildman–Crippen LogP) is 3.00. The van der Waals surface area contributed by atoms with Crippen molar-refractivity contribution in [3.8, 4) is 5.75 Å². The molecule has 0 radical (unpaired) electrons. The minimum Gasteiger partial charge on any atom is -0.461 e. The molecular formula is C28H37ClN7O8P. The zero-order valence-corrected chi connectivity index (χ0v) is 26.6. The summed E-state index contributed by atoms with van der Waals surface area (Å²) in [7, 11) is -4.30. The Morgan fingerprint density at radius 2 is 1.96 bits per heavy atom. The first-order valence-corrected chi connectivity index (χ1v) is 16.8. The van der Waals surface area contributed by atoms with Crippen LogP contribution in [0.3, 0.4) is 0 Å². The number of aliphatic hydroxyl groups is 2. The lowest BCUT2D eigenvalue weighted by Crippen LogP contribution is -2.45. The molecule has 3 fully saturated rings. The van der Waals surface area contributed by atoms with Gasteiger partial charge in [-0.3, -0.25) is 18.9 Å². The summed E-state index contributed by atoms with van der Waals surface area (Å²) in [6.07, 6.45) is 3.03. The monoisotopic (exact) mass is 665 g/mol. The first-order valence-electron chi connectivity index (χ1n) is 14.9. The third-order valence-electron chi connectivity index (χ3n) is 8.48. The van der Waals surface area contributed by atoms with Crippen molar-refractivity contribution in [1.82, 2.24) is 24.6 Å². The Labute approximate surface area is 264 Å². The molecule has 5 atom stereocenters. The number of imidazole rings is 1. The molecule has 3 aliphatic rings. The van der Waals surface area contributed by atoms with Gasteiger partial charge in [0, 0.05) is 11.6 Å². The molecule has 6 rings (SSSR count). The van der Waals surface area contributed by atoms with Crippen molar-refractivity contribution in [3.63, 3.8) is 0 Å². The van der Waals surface area contributed by atoms with Crippen LogP contribution in [-0.4, -0.2) is 78.3 Å². The van der Waals surface area contributed by atoms with Crippen molar-refractivity contribution in [1.29, 1.82) is 0 Å². The fourth-order valence-electron chi connectivity index (χ4n) is 5.66. The second kappa shape index (κ2) is 12.4. The van der Waals surface area contributed by atoms with Crippen molar-refractivity contribution in [2.24, 2.45) is 5.84 Å². The molecule has 1 aromatic carbocycles. The van der Waals surface area contributed by atoms with Gasteiger partial charge in [-0.05, 0) is 76.6 Å². The second-order valence-corrected chi connectivity index (χ2v) is 13.9. The molecule has 2 aliphatic carbocycles. The van der Waals surface area contributed by atoms with Crippen LogP contribution in [-0.2, 0) is 23.4 Å². The van der Waals surface area contributed by atoms with Crippen LogP contribution in [0.4, 0.5) is 5.82 Å². The van der Waals surface area contributed by atoms with Gasteiger partial charge in [-0.15, -0.1) is 0 Å². The number of nitrogens with two attached hydrogens (primary N) is 1. The van der Waals surface area contributed by atoms with Crippen LogP contribution < -0.4 is 20.5 Å². The van der Waals surface area contributed by atoms with Crippen molar-refractivity contribution < 1.29 is 38.1 Å². The van der Waals surface area contributed by atoms with E-state index in [2.05, 4.69) is 20.0 Å². The summed E-state index contributed by atoms with van der Waals surface area (Å²) < 4.78 is 39.2. The average Bonchev–Trinajstić information content (AvgIpc) is 3.31. The van der Waals surface area contributed by atoms with E-state index in [0.717, 1.165) is 25.7 Å². The number of benzene rings is 1. The number of aliphatic hydroxyl groups excluding tert-OH is 1. The average molecular weight is 666 g/mol. The lowest BCUT2D eigenvalue weighted by molar-refractivity contribution is -0.152. The zero-order chi connectivity index (χ0) is 32.0. The third kappa shape index (κ3) is 6.41. The van der Waals surface area contributed by atoms with E-state index in [-0.39, 0.29) is 11.9 Å². The van der Waals surface area contributed by atoms with E-state index >= 15 is 0 Å². The van der Waals surface area contributed by atoms with Gasteiger partial charge in [-0.1, -0.05) is 11.6 Å². The normalized spacial score (nSPS) is 27.4. The van der Waals surface area contributed by atoms with Gasteiger partial charge in [0.25, 0.3) is 0 Å². The summed E-state index contributed by atoms with van der Waals surface area (Å²) in [6.45, 7) is 3.24. The summed E-state index contributed by atoms with van der Waals surface area (Å²) in [6, 6.07) is 6.14. The number of carbonyl (C=O) groups excluding carboxylic acids is 1. The maximum Gasteiger partial charge on any atom is 0.459 e. The van der Waals surface area contributed by atoms with E-state index in [1.807, 2.05) is 6.92 Å². The number of rotatable bonds is 12. The summed E-state index contributed by atoms with van der Waals surface area (Å²) in [5, 5.41) is 27.2. The van der Waals surface area contributed by atoms with Crippen LogP contribution in [0, 0.1) is 0 Å². The molecule has 15 nitrogen and oxygen atoms in total. The SMILES string of the molecule is CCN(N)c1ncnc2c1ncn2C1OC(COP(=O)(NC2(C(=O)OC3CCCC3)CC2)Oc2ccc(Cl)cc2)[C@@H](O)[C@@]1(C)O. The van der Waals surface area contributed by atoms with Gasteiger partial charge in [0.1, 0.15) is 41.5 Å². The van der Waals surface area contributed by atoms with Crippen LogP contribution in [0.2, 0.25) is 5.02 Å². The molecule has 0 amide bonds. The van der Waals surface area contributed by atoms with E-state index in [0.29, 0.717) is 41.4 Å². The fraction of sp³-hybridized carbons (Fsp3) is 0.571. The van der Waals surface area contributed by atoms with E-state index < -0.39 is 49.9 Å². The van der Waals surface area contributed by atoms with Crippen molar-refractivity contribution in [3.05, 3.63) is 41.9 Å². The minimum atomic E-state index is -4.30. The number of carbonyl (C=O) groups is 1. The molecule has 3 heterocycles. The zero-order valence-electron chi connectivity index (χ0n) is 24.9. The highest BCUT2D eigenvalue weighted by molar-refractivity contribution is 7.52. The lowest BCUT2D eigenvalue weighted by atomic mass is 9.96. The van der Waals surface area contributed by atoms with Crippen molar-refractivity contribution in [2.75, 3.05) is 18.2 Å². The molecule has 1 saturated heterocycles. The smallest absolute Gasteiger partial charge is 0.459 e. The van der Waals surface area contributed by atoms with Gasteiger partial charge in [0.2, 0.25) is 0 Å². The van der Waals surface area contributed by atoms with Gasteiger partial charge >= 0.3 is 13.7 Å². The lowest BCUT2D eigenvalue weighted by Gasteiger charge is -2.28. The number of aromatic nitrogens is 4. The number of halogens is 1. The van der Waals surface area contributed by atoms with E-state index in [4.69, 9.17) is 36.0 Å². The topological polar surface area (TPSA) is 196 Å². The summed E-state index contributed by atoms with van der Waals surface area (Å²) in [5.74, 6) is 6.09. The van der Waals surface area contributed by atoms with Gasteiger partial charge < -0.3 is 24.2 Å². The first kappa shape index (κ1) is 32.1. The fourth-order valence-corrected chi connectivity index (χ4v) is 7.53. The molecule has 2 aromatic heterocycles. The number of ether oxygens (including phenoxy) is 2. The molecule has 5 N–H and O–H groups in total. The van der Waals surface area contributed by atoms with Crippen LogP contribution in [0.15, 0.2) is 36.9 Å². The van der Waals surface area contributed by atoms with Gasteiger partial charge in [0.05, 0.1) is 12.9 Å². The highest BCUT2D eigenvalue weighted by Crippen LogP contribution is 2.53. The number of hydrazine groups is 1. The molecule has 244 valence electrons. The summed E-state index contributed by atoms with van der Waals surface area (Å²) in [4.78, 5) is 26.0. The quantitative estimate of drug-likeness (QED) is 0.0953. The minimum absolute atomic E-state index is 0.175. The number of fused-ring (bicyclic) bond motifs is 1. The van der Waals surface area contributed by atoms with Crippen molar-refractivity contribution in [2.45, 2.75) is 88.1 Å². The molecule has 3 aromatic rings. The number of esters is 1. The van der Waals surface area contributed by atoms with Crippen LogP contribution in [0.25, 0.3) is 11.2 Å². The van der Waals surface area contributed by atoms with Gasteiger partial charge in [-0.2, -0.15) is 5.09 Å². The summed E-state index contributed by atoms with van der Waals surface area (Å²) in [5.41, 5.74) is -2.40. The Bertz CT molecular complexity index is 1580. The predicted molar refractivity (Wildman–Crippen MR) is 162 cm³/mol. The third-order valence-corrected chi connectivity index (χ3v) is 10.4. The van der Waals surface area contributed by atoms with Crippen LogP contribution >= 0.6 is 19.3 Å². The molecule has 17 heteroatoms. The first-order chi connectivity index (χ1) is 21.4. The molecule has 45 heavy (non-hydrogen) atoms. The Morgan fingerprint density at radius 1 is 1.24 bits per heavy atom. The van der Waals surface area contributed by atoms with Crippen LogP contribution in [0.5, 0.6) is 5.75 Å². The Morgan fingerprint density at radius 3 is 2.62 bits per heavy atom. The maximum atomic E-state index is 14.3. The summed E-state index contributed by atoms with van der Waals surface area (Å²) >= 11 is 6.01. The second-order valence-electron chi connectivity index (χ2n) is 11.8. The Balaban J connectivity index is 1.22. The highest BCUT2D eigenvalue weighted by atomic mass is 35.5. The molecule has 3 unspecified atom stereocenters. The standard InChI is InChI=1S/C28H37ClN7O8P/c1-3-36(30)24-21-23(31-15-32-24)35(16-33-21)25-27(2,39)22(37)20(43-25)14-41-45(40,44-19-10-8-17(29)9-11-19)34-28(12-13-28)26(38)42-18-6-4-5-7-18/h8-11,15-16,18,20,22,25,37,39H,3-7,12-14,30H2,1-2H3,(H,34,40)/t20?,22-,25?,27-,45?/m1/s1. The molecule has 0 bridgehead atoms. The maximum absolute atomic E-state index is 14.3. The number of hydrogen-bond donors (Lipinski definition) is 4.